The van der Waals surface area contributed by atoms with E-state index in [-0.39, 0.29) is 5.91 Å². The van der Waals surface area contributed by atoms with Crippen LogP contribution >= 0.6 is 0 Å². The standard InChI is InChI=1S/C10H19N3O2/c14-10(9-12-15)11-5-4-8-13-6-2-1-3-7-13/h9,15H,1-8H2,(H,11,14)/b12-9-. The largest absolute Gasteiger partial charge is 0.411 e. The van der Waals surface area contributed by atoms with Gasteiger partial charge in [0.25, 0.3) is 5.91 Å². The molecule has 86 valence electrons. The highest BCUT2D eigenvalue weighted by Crippen LogP contribution is 2.08. The fourth-order valence-electron chi connectivity index (χ4n) is 1.80. The van der Waals surface area contributed by atoms with Gasteiger partial charge in [-0.05, 0) is 38.9 Å². The molecular weight excluding hydrogens is 194 g/mol. The van der Waals surface area contributed by atoms with Crippen LogP contribution in [0.4, 0.5) is 0 Å². The predicted octanol–water partition coefficient (Wildman–Crippen LogP) is 0.439. The number of carbonyl (C=O) groups excluding carboxylic acids is 1. The molecule has 1 saturated heterocycles. The number of amides is 1. The van der Waals surface area contributed by atoms with Crippen LogP contribution in [-0.2, 0) is 4.79 Å². The summed E-state index contributed by atoms with van der Waals surface area (Å²) in [6.07, 6.45) is 5.76. The van der Waals surface area contributed by atoms with Crippen molar-refractivity contribution < 1.29 is 10.0 Å². The Hall–Kier alpha value is -1.10. The molecule has 0 spiro atoms. The zero-order valence-electron chi connectivity index (χ0n) is 8.98. The van der Waals surface area contributed by atoms with E-state index in [0.29, 0.717) is 6.54 Å². The molecule has 0 unspecified atom stereocenters. The van der Waals surface area contributed by atoms with Gasteiger partial charge in [-0.3, -0.25) is 4.79 Å². The van der Waals surface area contributed by atoms with E-state index in [2.05, 4.69) is 15.4 Å². The van der Waals surface area contributed by atoms with E-state index in [4.69, 9.17) is 5.21 Å². The number of likely N-dealkylation sites (tertiary alicyclic amines) is 1. The second-order valence-corrected chi connectivity index (χ2v) is 3.79. The highest BCUT2D eigenvalue weighted by atomic mass is 16.4. The zero-order valence-corrected chi connectivity index (χ0v) is 8.98. The van der Waals surface area contributed by atoms with E-state index in [1.165, 1.54) is 32.4 Å². The molecule has 0 saturated carbocycles. The van der Waals surface area contributed by atoms with Crippen molar-refractivity contribution in [1.29, 1.82) is 0 Å². The molecule has 1 rings (SSSR count). The number of hydrogen-bond acceptors (Lipinski definition) is 4. The van der Waals surface area contributed by atoms with Gasteiger partial charge in [-0.25, -0.2) is 0 Å². The van der Waals surface area contributed by atoms with Gasteiger partial charge in [-0.15, -0.1) is 0 Å². The van der Waals surface area contributed by atoms with Crippen molar-refractivity contribution in [3.8, 4) is 0 Å². The highest BCUT2D eigenvalue weighted by Gasteiger charge is 2.08. The Labute approximate surface area is 90.1 Å². The lowest BCUT2D eigenvalue weighted by Gasteiger charge is -2.26. The SMILES string of the molecule is O=C(/C=N\O)NCCCN1CCCCC1. The van der Waals surface area contributed by atoms with Crippen molar-refractivity contribution in [1.82, 2.24) is 10.2 Å². The van der Waals surface area contributed by atoms with Gasteiger partial charge < -0.3 is 15.4 Å². The molecule has 1 amide bonds. The minimum atomic E-state index is -0.337. The summed E-state index contributed by atoms with van der Waals surface area (Å²) in [6, 6.07) is 0. The molecule has 0 aromatic carbocycles. The summed E-state index contributed by atoms with van der Waals surface area (Å²) in [5.41, 5.74) is 0. The maximum Gasteiger partial charge on any atom is 0.265 e. The summed E-state index contributed by atoms with van der Waals surface area (Å²) >= 11 is 0. The van der Waals surface area contributed by atoms with Gasteiger partial charge in [0.05, 0.1) is 0 Å². The van der Waals surface area contributed by atoms with E-state index in [0.717, 1.165) is 19.2 Å². The Balaban J connectivity index is 1.98. The quantitative estimate of drug-likeness (QED) is 0.301. The van der Waals surface area contributed by atoms with E-state index >= 15 is 0 Å². The lowest BCUT2D eigenvalue weighted by molar-refractivity contribution is -0.114. The van der Waals surface area contributed by atoms with Crippen molar-refractivity contribution in [2.45, 2.75) is 25.7 Å². The first-order valence-corrected chi connectivity index (χ1v) is 5.50. The van der Waals surface area contributed by atoms with Crippen molar-refractivity contribution in [3.05, 3.63) is 0 Å². The lowest BCUT2D eigenvalue weighted by atomic mass is 10.1. The third-order valence-corrected chi connectivity index (χ3v) is 2.57. The summed E-state index contributed by atoms with van der Waals surface area (Å²) in [7, 11) is 0. The van der Waals surface area contributed by atoms with Gasteiger partial charge in [0.15, 0.2) is 0 Å². The highest BCUT2D eigenvalue weighted by molar-refractivity contribution is 6.25. The van der Waals surface area contributed by atoms with Crippen LogP contribution in [0.1, 0.15) is 25.7 Å². The van der Waals surface area contributed by atoms with E-state index < -0.39 is 0 Å². The molecule has 15 heavy (non-hydrogen) atoms. The van der Waals surface area contributed by atoms with Gasteiger partial charge in [-0.1, -0.05) is 11.6 Å². The van der Waals surface area contributed by atoms with Crippen LogP contribution in [0.2, 0.25) is 0 Å². The lowest BCUT2D eigenvalue weighted by Crippen LogP contribution is -2.33. The fourth-order valence-corrected chi connectivity index (χ4v) is 1.80. The molecule has 5 heteroatoms. The third-order valence-electron chi connectivity index (χ3n) is 2.57. The molecular formula is C10H19N3O2. The first kappa shape index (κ1) is 12.0. The van der Waals surface area contributed by atoms with Gasteiger partial charge in [0.2, 0.25) is 0 Å². The smallest absolute Gasteiger partial charge is 0.265 e. The number of hydrogen-bond donors (Lipinski definition) is 2. The van der Waals surface area contributed by atoms with E-state index in [1.807, 2.05) is 0 Å². The van der Waals surface area contributed by atoms with Crippen molar-refractivity contribution >= 4 is 12.1 Å². The van der Waals surface area contributed by atoms with Gasteiger partial charge in [0, 0.05) is 6.54 Å². The number of oxime groups is 1. The van der Waals surface area contributed by atoms with Crippen LogP contribution < -0.4 is 5.32 Å². The monoisotopic (exact) mass is 213 g/mol. The van der Waals surface area contributed by atoms with Crippen molar-refractivity contribution in [3.63, 3.8) is 0 Å². The minimum Gasteiger partial charge on any atom is -0.411 e. The van der Waals surface area contributed by atoms with Crippen LogP contribution in [0, 0.1) is 0 Å². The molecule has 0 aliphatic carbocycles. The van der Waals surface area contributed by atoms with Crippen LogP contribution in [0.3, 0.4) is 0 Å². The van der Waals surface area contributed by atoms with Crippen LogP contribution in [0.25, 0.3) is 0 Å². The number of nitrogens with zero attached hydrogens (tertiary/aromatic N) is 2. The summed E-state index contributed by atoms with van der Waals surface area (Å²) in [5.74, 6) is -0.337. The van der Waals surface area contributed by atoms with Crippen molar-refractivity contribution in [2.24, 2.45) is 5.16 Å². The van der Waals surface area contributed by atoms with Gasteiger partial charge in [0.1, 0.15) is 6.21 Å². The van der Waals surface area contributed by atoms with E-state index in [1.54, 1.807) is 0 Å². The third kappa shape index (κ3) is 5.37. The topological polar surface area (TPSA) is 64.9 Å². The normalized spacial score (nSPS) is 18.1. The molecule has 0 atom stereocenters. The molecule has 0 bridgehead atoms. The summed E-state index contributed by atoms with van der Waals surface area (Å²) < 4.78 is 0. The Kier molecular flexibility index (Phi) is 5.77. The Morgan fingerprint density at radius 1 is 1.40 bits per heavy atom. The maximum absolute atomic E-state index is 10.9. The molecule has 1 aliphatic rings. The molecule has 2 N–H and O–H groups in total. The van der Waals surface area contributed by atoms with Crippen molar-refractivity contribution in [2.75, 3.05) is 26.2 Å². The first-order chi connectivity index (χ1) is 7.33. The van der Waals surface area contributed by atoms with Gasteiger partial charge in [-0.2, -0.15) is 0 Å². The fraction of sp³-hybridized carbons (Fsp3) is 0.800. The maximum atomic E-state index is 10.9. The van der Waals surface area contributed by atoms with Crippen LogP contribution in [-0.4, -0.2) is 48.4 Å². The Morgan fingerprint density at radius 2 is 2.13 bits per heavy atom. The van der Waals surface area contributed by atoms with Gasteiger partial charge >= 0.3 is 0 Å². The molecule has 0 aromatic rings. The molecule has 1 fully saturated rings. The predicted molar refractivity (Wildman–Crippen MR) is 58.2 cm³/mol. The van der Waals surface area contributed by atoms with E-state index in [9.17, 15) is 4.79 Å². The average Bonchev–Trinajstić information content (AvgIpc) is 2.26. The minimum absolute atomic E-state index is 0.337. The second-order valence-electron chi connectivity index (χ2n) is 3.79. The molecule has 1 heterocycles. The number of rotatable bonds is 5. The number of carbonyl (C=O) groups is 1. The first-order valence-electron chi connectivity index (χ1n) is 5.50. The molecule has 0 radical (unpaired) electrons. The average molecular weight is 213 g/mol. The summed E-state index contributed by atoms with van der Waals surface area (Å²) in [5, 5.41) is 13.4. The van der Waals surface area contributed by atoms with Crippen LogP contribution in [0.5, 0.6) is 0 Å². The number of nitrogens with one attached hydrogen (secondary N) is 1. The molecule has 1 aliphatic heterocycles. The second kappa shape index (κ2) is 7.23. The molecule has 0 aromatic heterocycles. The van der Waals surface area contributed by atoms with Crippen LogP contribution in [0.15, 0.2) is 5.16 Å². The summed E-state index contributed by atoms with van der Waals surface area (Å²) in [4.78, 5) is 13.3. The Bertz CT molecular complexity index is 213. The zero-order chi connectivity index (χ0) is 10.9. The Morgan fingerprint density at radius 3 is 2.80 bits per heavy atom. The molecule has 5 nitrogen and oxygen atoms in total. The summed E-state index contributed by atoms with van der Waals surface area (Å²) in [6.45, 7) is 4.05. The number of piperidine rings is 1.